The van der Waals surface area contributed by atoms with Gasteiger partial charge in [0.2, 0.25) is 6.54 Å². The number of fused-ring (bicyclic) bond motifs is 1. The van der Waals surface area contributed by atoms with Gasteiger partial charge in [-0.25, -0.2) is 4.79 Å². The minimum Gasteiger partial charge on any atom is -0.444 e. The minimum absolute atomic E-state index is 0.151. The molecule has 0 spiro atoms. The van der Waals surface area contributed by atoms with Gasteiger partial charge in [0.05, 0.1) is 5.92 Å². The number of hydrogen-bond acceptors (Lipinski definition) is 5. The molecule has 0 bridgehead atoms. The lowest BCUT2D eigenvalue weighted by Gasteiger charge is -2.50. The van der Waals surface area contributed by atoms with Gasteiger partial charge in [-0.3, -0.25) is 15.0 Å². The first-order valence-corrected chi connectivity index (χ1v) is 14.9. The average molecular weight is 490 g/mol. The quantitative estimate of drug-likeness (QED) is 0.293. The van der Waals surface area contributed by atoms with Crippen LogP contribution in [0.1, 0.15) is 65.9 Å². The smallest absolute Gasteiger partial charge is 0.412 e. The molecule has 1 saturated heterocycles. The summed E-state index contributed by atoms with van der Waals surface area (Å²) in [6.45, 7) is 16.2. The van der Waals surface area contributed by atoms with Crippen molar-refractivity contribution < 1.29 is 18.9 Å². The number of aromatic nitrogens is 1. The number of amides is 1. The maximum absolute atomic E-state index is 13.5. The summed E-state index contributed by atoms with van der Waals surface area (Å²) in [5.41, 5.74) is -0.179. The number of likely N-dealkylation sites (tertiary alicyclic amines) is 1. The molecule has 2 atom stereocenters. The molecule has 3 rings (SSSR count). The standard InChI is InChI=1S/C25H39N3O5Si/c1-23(2,3)32-22(29)27-15-11-14-25(27,33-34(7,8)24(4,5)6)20(17-28(30)31)19-16-26-21-13-10-9-12-18(19)21/h9-10,12-13,16,20,26H,11,14-15,17H2,1-8H3. The number of hydrogen-bond donors (Lipinski definition) is 1. The summed E-state index contributed by atoms with van der Waals surface area (Å²) in [4.78, 5) is 30.1. The van der Waals surface area contributed by atoms with Crippen molar-refractivity contribution in [1.82, 2.24) is 9.88 Å². The summed E-state index contributed by atoms with van der Waals surface area (Å²) in [7, 11) is -2.46. The molecule has 0 radical (unpaired) electrons. The van der Waals surface area contributed by atoms with Crippen LogP contribution in [0.15, 0.2) is 30.5 Å². The van der Waals surface area contributed by atoms with E-state index in [9.17, 15) is 14.9 Å². The van der Waals surface area contributed by atoms with Crippen LogP contribution >= 0.6 is 0 Å². The lowest BCUT2D eigenvalue weighted by atomic mass is 9.86. The Labute approximate surface area is 203 Å². The molecular formula is C25H39N3O5Si. The van der Waals surface area contributed by atoms with E-state index >= 15 is 0 Å². The van der Waals surface area contributed by atoms with Crippen LogP contribution < -0.4 is 0 Å². The first kappa shape index (κ1) is 26.2. The van der Waals surface area contributed by atoms with E-state index < -0.39 is 31.7 Å². The van der Waals surface area contributed by atoms with Gasteiger partial charge in [-0.1, -0.05) is 39.0 Å². The fourth-order valence-electron chi connectivity index (χ4n) is 4.53. The highest BCUT2D eigenvalue weighted by Crippen LogP contribution is 2.50. The summed E-state index contributed by atoms with van der Waals surface area (Å²) >= 11 is 0. The van der Waals surface area contributed by atoms with Crippen molar-refractivity contribution in [2.75, 3.05) is 13.1 Å². The van der Waals surface area contributed by atoms with Crippen molar-refractivity contribution in [3.63, 3.8) is 0 Å². The van der Waals surface area contributed by atoms with Gasteiger partial charge < -0.3 is 14.1 Å². The second-order valence-corrected chi connectivity index (χ2v) is 16.5. The van der Waals surface area contributed by atoms with Gasteiger partial charge in [0.25, 0.3) is 0 Å². The molecule has 9 heteroatoms. The van der Waals surface area contributed by atoms with E-state index in [2.05, 4.69) is 38.8 Å². The second kappa shape index (κ2) is 9.00. The Bertz CT molecular complexity index is 1050. The van der Waals surface area contributed by atoms with Crippen LogP contribution in [0, 0.1) is 10.1 Å². The summed E-state index contributed by atoms with van der Waals surface area (Å²) in [5.74, 6) is -0.664. The maximum Gasteiger partial charge on any atom is 0.412 e. The van der Waals surface area contributed by atoms with E-state index in [1.54, 1.807) is 4.90 Å². The van der Waals surface area contributed by atoms with Gasteiger partial charge in [-0.15, -0.1) is 0 Å². The van der Waals surface area contributed by atoms with Gasteiger partial charge in [0, 0.05) is 28.6 Å². The first-order valence-electron chi connectivity index (χ1n) is 12.0. The Morgan fingerprint density at radius 1 is 1.24 bits per heavy atom. The van der Waals surface area contributed by atoms with E-state index in [4.69, 9.17) is 9.16 Å². The number of H-pyrrole nitrogens is 1. The summed E-state index contributed by atoms with van der Waals surface area (Å²) in [6.07, 6.45) is 2.54. The molecule has 2 heterocycles. The SMILES string of the molecule is CC(C)(C)OC(=O)N1CCCC1(O[Si](C)(C)C(C)(C)C)C(C[N+](=O)[O-])c1c[nH]c2ccccc12. The number of nitro groups is 1. The van der Waals surface area contributed by atoms with E-state index in [0.717, 1.165) is 16.5 Å². The van der Waals surface area contributed by atoms with E-state index in [1.807, 2.05) is 51.2 Å². The highest BCUT2D eigenvalue weighted by atomic mass is 28.4. The third-order valence-electron chi connectivity index (χ3n) is 7.10. The van der Waals surface area contributed by atoms with E-state index in [1.165, 1.54) is 0 Å². The number of aromatic amines is 1. The predicted octanol–water partition coefficient (Wildman–Crippen LogP) is 6.28. The number of carbonyl (C=O) groups excluding carboxylic acids is 1. The zero-order valence-corrected chi connectivity index (χ0v) is 22.7. The lowest BCUT2D eigenvalue weighted by molar-refractivity contribution is -0.488. The Hall–Kier alpha value is -2.39. The highest BCUT2D eigenvalue weighted by Gasteiger charge is 2.58. The number of para-hydroxylation sites is 1. The maximum atomic E-state index is 13.5. The van der Waals surface area contributed by atoms with Crippen molar-refractivity contribution >= 4 is 25.3 Å². The number of rotatable bonds is 6. The first-order chi connectivity index (χ1) is 15.6. The molecule has 8 nitrogen and oxygen atoms in total. The monoisotopic (exact) mass is 489 g/mol. The van der Waals surface area contributed by atoms with Crippen molar-refractivity contribution in [1.29, 1.82) is 0 Å². The zero-order valence-electron chi connectivity index (χ0n) is 21.7. The van der Waals surface area contributed by atoms with Gasteiger partial charge in [-0.2, -0.15) is 0 Å². The molecule has 188 valence electrons. The molecule has 1 aromatic heterocycles. The predicted molar refractivity (Wildman–Crippen MR) is 136 cm³/mol. The molecule has 1 amide bonds. The van der Waals surface area contributed by atoms with Gasteiger partial charge >= 0.3 is 6.09 Å². The molecule has 2 aromatic rings. The normalized spacial score (nSPS) is 20.5. The Balaban J connectivity index is 2.23. The Morgan fingerprint density at radius 2 is 1.88 bits per heavy atom. The molecule has 34 heavy (non-hydrogen) atoms. The van der Waals surface area contributed by atoms with Gasteiger partial charge in [-0.05, 0) is 63.4 Å². The van der Waals surface area contributed by atoms with Crippen molar-refractivity contribution in [2.45, 2.75) is 89.8 Å². The van der Waals surface area contributed by atoms with Gasteiger partial charge in [0.1, 0.15) is 11.3 Å². The molecule has 1 N–H and O–H groups in total. The van der Waals surface area contributed by atoms with Crippen LogP contribution in [-0.2, 0) is 9.16 Å². The highest BCUT2D eigenvalue weighted by molar-refractivity contribution is 6.74. The second-order valence-electron chi connectivity index (χ2n) is 11.8. The van der Waals surface area contributed by atoms with Crippen LogP contribution in [0.2, 0.25) is 18.1 Å². The largest absolute Gasteiger partial charge is 0.444 e. The van der Waals surface area contributed by atoms with Crippen molar-refractivity contribution in [3.05, 3.63) is 46.1 Å². The van der Waals surface area contributed by atoms with Crippen molar-refractivity contribution in [3.8, 4) is 0 Å². The number of ether oxygens (including phenoxy) is 1. The number of nitrogens with zero attached hydrogens (tertiary/aromatic N) is 2. The molecular weight excluding hydrogens is 450 g/mol. The third kappa shape index (κ3) is 5.15. The Kier molecular flexibility index (Phi) is 6.94. The van der Waals surface area contributed by atoms with Crippen LogP contribution in [-0.4, -0.2) is 53.6 Å². The van der Waals surface area contributed by atoms with Crippen LogP contribution in [0.3, 0.4) is 0 Å². The van der Waals surface area contributed by atoms with E-state index in [0.29, 0.717) is 19.4 Å². The molecule has 1 aliphatic rings. The topological polar surface area (TPSA) is 97.7 Å². The fraction of sp³-hybridized carbons (Fsp3) is 0.640. The van der Waals surface area contributed by atoms with E-state index in [-0.39, 0.29) is 16.5 Å². The third-order valence-corrected chi connectivity index (χ3v) is 11.6. The van der Waals surface area contributed by atoms with Crippen molar-refractivity contribution in [2.24, 2.45) is 0 Å². The molecule has 1 aromatic carbocycles. The number of nitrogens with one attached hydrogen (secondary N) is 1. The lowest BCUT2D eigenvalue weighted by Crippen LogP contribution is -2.61. The average Bonchev–Trinajstić information content (AvgIpc) is 3.28. The number of carbonyl (C=O) groups is 1. The summed E-state index contributed by atoms with van der Waals surface area (Å²) < 4.78 is 12.9. The summed E-state index contributed by atoms with van der Waals surface area (Å²) in [5, 5.41) is 12.8. The van der Waals surface area contributed by atoms with Gasteiger partial charge in [0.15, 0.2) is 8.32 Å². The minimum atomic E-state index is -2.46. The van der Waals surface area contributed by atoms with Crippen LogP contribution in [0.25, 0.3) is 10.9 Å². The molecule has 2 unspecified atom stereocenters. The zero-order chi connectivity index (χ0) is 25.5. The van der Waals surface area contributed by atoms with Crippen LogP contribution in [0.5, 0.6) is 0 Å². The summed E-state index contributed by atoms with van der Waals surface area (Å²) in [6, 6.07) is 7.75. The Morgan fingerprint density at radius 3 is 2.47 bits per heavy atom. The molecule has 0 saturated carbocycles. The number of benzene rings is 1. The molecule has 1 aliphatic heterocycles. The van der Waals surface area contributed by atoms with Crippen LogP contribution in [0.4, 0.5) is 4.79 Å². The fourth-order valence-corrected chi connectivity index (χ4v) is 6.07. The molecule has 1 fully saturated rings. The molecule has 0 aliphatic carbocycles.